The number of benzene rings is 1. The number of thiazole rings is 1. The van der Waals surface area contributed by atoms with Gasteiger partial charge in [0, 0.05) is 31.1 Å². The number of carbonyl (C=O) groups is 1. The second-order valence-corrected chi connectivity index (χ2v) is 9.59. The summed E-state index contributed by atoms with van der Waals surface area (Å²) in [7, 11) is 0. The smallest absolute Gasteiger partial charge is 0.345 e. The number of alkyl halides is 3. The highest BCUT2D eigenvalue weighted by Gasteiger charge is 2.36. The third-order valence-corrected chi connectivity index (χ3v) is 7.73. The summed E-state index contributed by atoms with van der Waals surface area (Å²) in [6.45, 7) is 2.12. The number of para-hydroxylation sites is 1. The van der Waals surface area contributed by atoms with Gasteiger partial charge in [-0.2, -0.15) is 13.2 Å². The molecule has 2 aromatic heterocycles. The molecule has 6 nitrogen and oxygen atoms in total. The van der Waals surface area contributed by atoms with Crippen molar-refractivity contribution in [2.45, 2.75) is 24.7 Å². The van der Waals surface area contributed by atoms with Crippen molar-refractivity contribution >= 4 is 43.9 Å². The van der Waals surface area contributed by atoms with Crippen molar-refractivity contribution in [2.24, 2.45) is 0 Å². The monoisotopic (exact) mass is 467 g/mol. The number of halogens is 3. The molecule has 0 bridgehead atoms. The van der Waals surface area contributed by atoms with E-state index in [9.17, 15) is 18.0 Å². The van der Waals surface area contributed by atoms with E-state index >= 15 is 0 Å². The highest BCUT2D eigenvalue weighted by molar-refractivity contribution is 7.22. The number of piperazine rings is 1. The van der Waals surface area contributed by atoms with Gasteiger partial charge in [0.15, 0.2) is 5.13 Å². The van der Waals surface area contributed by atoms with E-state index in [0.717, 1.165) is 6.07 Å². The van der Waals surface area contributed by atoms with Gasteiger partial charge < -0.3 is 9.80 Å². The molecule has 1 aromatic carbocycles. The molecule has 2 aliphatic rings. The zero-order valence-electron chi connectivity index (χ0n) is 16.4. The third-order valence-electron chi connectivity index (χ3n) is 5.66. The standard InChI is InChI=1S/C20H20F3N5OS2/c21-20(22,23)12-3-1-4-16-17(12)24-19(31-16)28-8-6-27(7-9-28)18(29)14-11-13(25-26-14)15-5-2-10-30-15/h1-5,10,13-14,25-26H,6-9,11H2. The van der Waals surface area contributed by atoms with E-state index in [1.54, 1.807) is 17.4 Å². The van der Waals surface area contributed by atoms with Crippen LogP contribution in [0.25, 0.3) is 10.2 Å². The van der Waals surface area contributed by atoms with Crippen molar-refractivity contribution in [3.05, 3.63) is 46.2 Å². The molecule has 2 fully saturated rings. The van der Waals surface area contributed by atoms with E-state index < -0.39 is 11.7 Å². The predicted molar refractivity (Wildman–Crippen MR) is 115 cm³/mol. The highest BCUT2D eigenvalue weighted by atomic mass is 32.1. The van der Waals surface area contributed by atoms with Crippen LogP contribution < -0.4 is 15.8 Å². The van der Waals surface area contributed by atoms with Crippen LogP contribution in [0.1, 0.15) is 22.9 Å². The van der Waals surface area contributed by atoms with Gasteiger partial charge in [-0.3, -0.25) is 4.79 Å². The van der Waals surface area contributed by atoms with Crippen LogP contribution >= 0.6 is 22.7 Å². The third kappa shape index (κ3) is 4.02. The van der Waals surface area contributed by atoms with E-state index in [0.29, 0.717) is 42.4 Å². The van der Waals surface area contributed by atoms with Gasteiger partial charge in [0.1, 0.15) is 6.04 Å². The molecule has 31 heavy (non-hydrogen) atoms. The van der Waals surface area contributed by atoms with Gasteiger partial charge in [-0.15, -0.1) is 11.3 Å². The zero-order chi connectivity index (χ0) is 21.6. The average Bonchev–Trinajstić information content (AvgIpc) is 3.52. The summed E-state index contributed by atoms with van der Waals surface area (Å²) in [6, 6.07) is 8.03. The van der Waals surface area contributed by atoms with Crippen LogP contribution in [0.2, 0.25) is 0 Å². The lowest BCUT2D eigenvalue weighted by Gasteiger charge is -2.35. The van der Waals surface area contributed by atoms with Gasteiger partial charge in [-0.05, 0) is 30.0 Å². The maximum atomic E-state index is 13.3. The number of hydrogen-bond acceptors (Lipinski definition) is 7. The van der Waals surface area contributed by atoms with Crippen molar-refractivity contribution in [3.63, 3.8) is 0 Å². The fourth-order valence-electron chi connectivity index (χ4n) is 4.03. The zero-order valence-corrected chi connectivity index (χ0v) is 18.0. The molecular formula is C20H20F3N5OS2. The van der Waals surface area contributed by atoms with Crippen molar-refractivity contribution in [1.82, 2.24) is 20.7 Å². The molecule has 4 heterocycles. The lowest BCUT2D eigenvalue weighted by atomic mass is 10.1. The van der Waals surface area contributed by atoms with Crippen LogP contribution in [0.5, 0.6) is 0 Å². The van der Waals surface area contributed by atoms with Gasteiger partial charge in [0.2, 0.25) is 5.91 Å². The summed E-state index contributed by atoms with van der Waals surface area (Å²) in [4.78, 5) is 22.2. The number of aromatic nitrogens is 1. The quantitative estimate of drug-likeness (QED) is 0.616. The number of carbonyl (C=O) groups excluding carboxylic acids is 1. The number of nitrogens with zero attached hydrogens (tertiary/aromatic N) is 3. The Morgan fingerprint density at radius 3 is 2.61 bits per heavy atom. The van der Waals surface area contributed by atoms with Gasteiger partial charge >= 0.3 is 6.18 Å². The molecule has 3 aromatic rings. The summed E-state index contributed by atoms with van der Waals surface area (Å²) in [5.41, 5.74) is 5.59. The molecule has 0 aliphatic carbocycles. The lowest BCUT2D eigenvalue weighted by Crippen LogP contribution is -2.53. The Balaban J connectivity index is 1.23. The van der Waals surface area contributed by atoms with Gasteiger partial charge in [-0.25, -0.2) is 15.8 Å². The summed E-state index contributed by atoms with van der Waals surface area (Å²) in [5, 5.41) is 2.59. The molecule has 2 N–H and O–H groups in total. The summed E-state index contributed by atoms with van der Waals surface area (Å²) in [5.74, 6) is 0.0508. The molecule has 11 heteroatoms. The Bertz CT molecular complexity index is 1080. The molecule has 2 aliphatic heterocycles. The first kappa shape index (κ1) is 20.7. The average molecular weight is 468 g/mol. The summed E-state index contributed by atoms with van der Waals surface area (Å²) in [6.07, 6.45) is -3.74. The van der Waals surface area contributed by atoms with Crippen molar-refractivity contribution < 1.29 is 18.0 Å². The van der Waals surface area contributed by atoms with Gasteiger partial charge in [0.25, 0.3) is 0 Å². The fraction of sp³-hybridized carbons (Fsp3) is 0.400. The number of nitrogens with one attached hydrogen (secondary N) is 2. The molecule has 2 atom stereocenters. The number of hydrazine groups is 1. The van der Waals surface area contributed by atoms with E-state index in [1.807, 2.05) is 21.2 Å². The van der Waals surface area contributed by atoms with Crippen molar-refractivity contribution in [1.29, 1.82) is 0 Å². The second-order valence-electron chi connectivity index (χ2n) is 7.60. The van der Waals surface area contributed by atoms with Crippen LogP contribution in [0.4, 0.5) is 18.3 Å². The maximum absolute atomic E-state index is 13.3. The van der Waals surface area contributed by atoms with Crippen LogP contribution in [0, 0.1) is 0 Å². The number of anilines is 1. The molecular weight excluding hydrogens is 447 g/mol. The number of hydrogen-bond donors (Lipinski definition) is 2. The Morgan fingerprint density at radius 1 is 1.10 bits per heavy atom. The lowest BCUT2D eigenvalue weighted by molar-refractivity contribution is -0.136. The molecule has 0 spiro atoms. The van der Waals surface area contributed by atoms with E-state index in [4.69, 9.17) is 0 Å². The molecule has 0 radical (unpaired) electrons. The number of rotatable bonds is 3. The van der Waals surface area contributed by atoms with Crippen molar-refractivity contribution in [3.8, 4) is 0 Å². The Hall–Kier alpha value is -2.21. The maximum Gasteiger partial charge on any atom is 0.418 e. The SMILES string of the molecule is O=C(C1CC(c2cccs2)NN1)N1CCN(c2nc3c(C(F)(F)F)cccc3s2)CC1. The Kier molecular flexibility index (Phi) is 5.37. The van der Waals surface area contributed by atoms with E-state index in [1.165, 1.54) is 22.3 Å². The highest BCUT2D eigenvalue weighted by Crippen LogP contribution is 2.38. The fourth-order valence-corrected chi connectivity index (χ4v) is 5.87. The molecule has 0 saturated carbocycles. The number of amides is 1. The normalized spacial score (nSPS) is 22.4. The summed E-state index contributed by atoms with van der Waals surface area (Å²) >= 11 is 2.92. The molecule has 2 unspecified atom stereocenters. The van der Waals surface area contributed by atoms with Crippen LogP contribution in [-0.4, -0.2) is 48.0 Å². The van der Waals surface area contributed by atoms with Gasteiger partial charge in [-0.1, -0.05) is 23.5 Å². The summed E-state index contributed by atoms with van der Waals surface area (Å²) < 4.78 is 40.3. The molecule has 164 valence electrons. The van der Waals surface area contributed by atoms with Gasteiger partial charge in [0.05, 0.1) is 21.8 Å². The number of thiophene rings is 1. The minimum atomic E-state index is -4.43. The largest absolute Gasteiger partial charge is 0.418 e. The molecule has 5 rings (SSSR count). The first-order valence-corrected chi connectivity index (χ1v) is 11.6. The minimum Gasteiger partial charge on any atom is -0.345 e. The Labute approximate surface area is 184 Å². The minimum absolute atomic E-state index is 0.00523. The Morgan fingerprint density at radius 2 is 1.90 bits per heavy atom. The molecule has 1 amide bonds. The topological polar surface area (TPSA) is 60.5 Å². The first-order valence-electron chi connectivity index (χ1n) is 9.95. The molecule has 2 saturated heterocycles. The van der Waals surface area contributed by atoms with Crippen molar-refractivity contribution in [2.75, 3.05) is 31.1 Å². The second kappa shape index (κ2) is 8.05. The first-order chi connectivity index (χ1) is 14.9. The predicted octanol–water partition coefficient (Wildman–Crippen LogP) is 3.63. The van der Waals surface area contributed by atoms with E-state index in [2.05, 4.69) is 21.9 Å². The van der Waals surface area contributed by atoms with E-state index in [-0.39, 0.29) is 23.5 Å². The van der Waals surface area contributed by atoms with Crippen LogP contribution in [0.15, 0.2) is 35.7 Å². The van der Waals surface area contributed by atoms with Crippen LogP contribution in [0.3, 0.4) is 0 Å². The van der Waals surface area contributed by atoms with Crippen LogP contribution in [-0.2, 0) is 11.0 Å². The number of fused-ring (bicyclic) bond motifs is 1.